The monoisotopic (exact) mass is 893 g/mol. The Kier molecular flexibility index (Phi) is 20.0. The summed E-state index contributed by atoms with van der Waals surface area (Å²) in [5.41, 5.74) is 10.5. The van der Waals surface area contributed by atoms with E-state index in [1.54, 1.807) is 0 Å². The van der Waals surface area contributed by atoms with Gasteiger partial charge in [0.2, 0.25) is 23.6 Å². The Hall–Kier alpha value is -5.72. The van der Waals surface area contributed by atoms with Gasteiger partial charge >= 0.3 is 17.9 Å². The topological polar surface area (TPSA) is 330 Å². The lowest BCUT2D eigenvalue weighted by atomic mass is 9.95. The summed E-state index contributed by atoms with van der Waals surface area (Å²) in [4.78, 5) is 100. The van der Waals surface area contributed by atoms with Crippen LogP contribution >= 0.6 is 23.5 Å². The summed E-state index contributed by atoms with van der Waals surface area (Å²) in [6.07, 6.45) is -2.57. The predicted octanol–water partition coefficient (Wildman–Crippen LogP) is -0.653. The first kappa shape index (κ1) is 49.6. The highest BCUT2D eigenvalue weighted by Gasteiger charge is 2.32. The van der Waals surface area contributed by atoms with E-state index in [9.17, 15) is 43.5 Å². The molecule has 1 fully saturated rings. The van der Waals surface area contributed by atoms with Gasteiger partial charge in [0.05, 0.1) is 0 Å². The van der Waals surface area contributed by atoms with E-state index in [1.165, 1.54) is 36.4 Å². The van der Waals surface area contributed by atoms with E-state index in [-0.39, 0.29) is 70.2 Å². The van der Waals surface area contributed by atoms with Crippen molar-refractivity contribution in [2.24, 2.45) is 11.5 Å². The number of amides is 4. The molecule has 0 spiro atoms. The van der Waals surface area contributed by atoms with Gasteiger partial charge in [-0.2, -0.15) is 0 Å². The fourth-order valence-corrected chi connectivity index (χ4v) is 7.92. The molecule has 1 aliphatic rings. The average molecular weight is 894 g/mol. The zero-order valence-electron chi connectivity index (χ0n) is 32.3. The molecule has 1 heterocycles. The van der Waals surface area contributed by atoms with Gasteiger partial charge in [-0.3, -0.25) is 38.4 Å². The van der Waals surface area contributed by atoms with Gasteiger partial charge in [-0.15, -0.1) is 23.5 Å². The minimum Gasteiger partial charge on any atom is -0.480 e. The fourth-order valence-electron chi connectivity index (χ4n) is 5.46. The number of benzene rings is 2. The zero-order chi connectivity index (χ0) is 45.2. The maximum Gasteiger partial charge on any atom is 0.322 e. The Labute approximate surface area is 355 Å². The molecule has 2 aromatic carbocycles. The number of thioether (sulfide) groups is 2. The molecule has 13 N–H and O–H groups in total. The Balaban J connectivity index is 2.12. The summed E-state index contributed by atoms with van der Waals surface area (Å²) in [5.74, 6) is -10.7. The molecule has 61 heavy (non-hydrogen) atoms. The third kappa shape index (κ3) is 16.0. The van der Waals surface area contributed by atoms with E-state index in [0.29, 0.717) is 0 Å². The molecule has 0 bridgehead atoms. The van der Waals surface area contributed by atoms with Crippen molar-refractivity contribution < 1.29 is 67.6 Å². The quantitative estimate of drug-likeness (QED) is 0.0488. The predicted molar refractivity (Wildman–Crippen MR) is 219 cm³/mol. The second-order valence-electron chi connectivity index (χ2n) is 13.2. The molecule has 0 saturated carbocycles. The number of rotatable bonds is 23. The van der Waals surface area contributed by atoms with Crippen molar-refractivity contribution in [1.82, 2.24) is 26.6 Å². The number of halogens is 2. The molecule has 1 saturated heterocycles. The van der Waals surface area contributed by atoms with Gasteiger partial charge in [-0.25, -0.2) is 8.78 Å². The largest absolute Gasteiger partial charge is 0.480 e. The van der Waals surface area contributed by atoms with E-state index in [0.717, 1.165) is 35.7 Å². The molecule has 0 aliphatic carbocycles. The molecule has 1 aliphatic heterocycles. The van der Waals surface area contributed by atoms with Crippen molar-refractivity contribution in [2.75, 3.05) is 37.7 Å². The molecule has 0 radical (unpaired) electrons. The number of nitrogens with one attached hydrogen (secondary N) is 5. The van der Waals surface area contributed by atoms with E-state index < -0.39 is 109 Å². The first-order valence-electron chi connectivity index (χ1n) is 18.4. The summed E-state index contributed by atoms with van der Waals surface area (Å²) >= 11 is 1.53. The van der Waals surface area contributed by atoms with Crippen LogP contribution in [0.4, 0.5) is 8.78 Å². The Morgan fingerprint density at radius 2 is 1.10 bits per heavy atom. The second kappa shape index (κ2) is 24.5. The normalized spacial score (nSPS) is 16.2. The van der Waals surface area contributed by atoms with Crippen molar-refractivity contribution in [3.63, 3.8) is 0 Å². The Bertz CT molecular complexity index is 2050. The minimum atomic E-state index is -1.50. The number of nitrogens with two attached hydrogens (primary N) is 2. The first-order valence-corrected chi connectivity index (χ1v) is 20.3. The van der Waals surface area contributed by atoms with Crippen LogP contribution in [0.5, 0.6) is 0 Å². The zero-order valence-corrected chi connectivity index (χ0v) is 33.9. The smallest absolute Gasteiger partial charge is 0.322 e. The van der Waals surface area contributed by atoms with Crippen molar-refractivity contribution in [2.45, 2.75) is 50.0 Å². The number of carboxylic acids is 3. The number of aliphatic hydroxyl groups excluding tert-OH is 1. The Morgan fingerprint density at radius 3 is 1.48 bits per heavy atom. The molecule has 0 aromatic heterocycles. The maximum absolute atomic E-state index is 15.6. The van der Waals surface area contributed by atoms with E-state index in [2.05, 4.69) is 26.6 Å². The van der Waals surface area contributed by atoms with Gasteiger partial charge < -0.3 is 58.5 Å². The van der Waals surface area contributed by atoms with Crippen LogP contribution in [0.15, 0.2) is 59.7 Å². The van der Waals surface area contributed by atoms with Crippen LogP contribution in [0.1, 0.15) is 36.8 Å². The maximum atomic E-state index is 15.6. The summed E-state index contributed by atoms with van der Waals surface area (Å²) in [6, 6.07) is 6.31. The number of ketones is 1. The third-order valence-electron chi connectivity index (χ3n) is 8.52. The first-order chi connectivity index (χ1) is 28.9. The van der Waals surface area contributed by atoms with Crippen LogP contribution in [-0.4, -0.2) is 130 Å². The second-order valence-corrected chi connectivity index (χ2v) is 15.2. The molecule has 19 nitrogen and oxygen atoms in total. The number of carbonyl (C=O) groups is 8. The van der Waals surface area contributed by atoms with Crippen LogP contribution in [0.3, 0.4) is 0 Å². The lowest BCUT2D eigenvalue weighted by Gasteiger charge is -2.26. The standard InChI is InChI=1S/C38H45F2N7O12S2/c39-23-7-3-1-5-19(23)34(60-17-26(36(56)44-15-31(51)52)46-29(49)11-9-25(41)38(58)59)21-13-43-14-22(33(21)55)35(20-6-2-4-8-24(20)40)61-18-27(37(57)45-16-32(53)54)47-30(50)12-10-28(42)48/h1-8,25-28,43,48H,9-18,41-42H2,(H,44,56)(H,45,57)(H,46,49)(H,47,50)(H,51,52)(H,53,54)(H,58,59)/b34-21-,35-22-/t25-,26?,27?,28+/m1/s1. The average Bonchev–Trinajstić information content (AvgIpc) is 3.21. The third-order valence-corrected chi connectivity index (χ3v) is 11.0. The van der Waals surface area contributed by atoms with Crippen molar-refractivity contribution in [1.29, 1.82) is 0 Å². The van der Waals surface area contributed by atoms with Gasteiger partial charge in [0.15, 0.2) is 5.78 Å². The molecule has 330 valence electrons. The van der Waals surface area contributed by atoms with Crippen molar-refractivity contribution in [3.8, 4) is 0 Å². The minimum absolute atomic E-state index is 0.00824. The summed E-state index contributed by atoms with van der Waals surface area (Å²) in [6.45, 7) is -2.01. The fraction of sp³-hybridized carbons (Fsp3) is 0.368. The van der Waals surface area contributed by atoms with Crippen LogP contribution in [0.25, 0.3) is 9.81 Å². The number of hydrogen-bond acceptors (Lipinski definition) is 14. The number of aliphatic hydroxyl groups is 1. The van der Waals surface area contributed by atoms with Gasteiger partial charge in [-0.05, 0) is 25.0 Å². The van der Waals surface area contributed by atoms with Gasteiger partial charge in [-0.1, -0.05) is 36.4 Å². The molecule has 2 unspecified atom stereocenters. The summed E-state index contributed by atoms with van der Waals surface area (Å²) in [5, 5.41) is 48.9. The van der Waals surface area contributed by atoms with Crippen LogP contribution in [0.2, 0.25) is 0 Å². The van der Waals surface area contributed by atoms with Crippen LogP contribution < -0.4 is 38.1 Å². The number of aliphatic carboxylic acids is 3. The molecule has 2 aromatic rings. The number of carbonyl (C=O) groups excluding carboxylic acids is 5. The number of carboxylic acid groups (broad SMARTS) is 3. The summed E-state index contributed by atoms with van der Waals surface area (Å²) in [7, 11) is 0. The number of Topliss-reactive ketones (excluding diaryl/α,β-unsaturated/α-hetero) is 1. The summed E-state index contributed by atoms with van der Waals surface area (Å²) < 4.78 is 31.2. The van der Waals surface area contributed by atoms with Crippen molar-refractivity contribution in [3.05, 3.63) is 82.4 Å². The van der Waals surface area contributed by atoms with Crippen LogP contribution in [-0.2, 0) is 38.4 Å². The molecule has 3 rings (SSSR count). The highest BCUT2D eigenvalue weighted by atomic mass is 32.2. The van der Waals surface area contributed by atoms with E-state index in [1.807, 2.05) is 0 Å². The molecular formula is C38H45F2N7O12S2. The molecule has 4 atom stereocenters. The SMILES string of the molecule is N[C@H](CCC(=O)NC(CS/C(=C1/CNC/C(=C(/SCC(NC(=O)CC[C@@H](N)O)C(=O)NCC(=O)O)c2ccccc2F)C1=O)c1ccccc1F)C(=O)NCC(=O)O)C(=O)O. The lowest BCUT2D eigenvalue weighted by Crippen LogP contribution is -2.49. The van der Waals surface area contributed by atoms with Crippen LogP contribution in [0, 0.1) is 11.6 Å². The molecule has 23 heteroatoms. The number of piperidine rings is 1. The molecule has 4 amide bonds. The van der Waals surface area contributed by atoms with Gasteiger partial charge in [0, 0.05) is 69.5 Å². The van der Waals surface area contributed by atoms with Gasteiger partial charge in [0.25, 0.3) is 0 Å². The molecular weight excluding hydrogens is 849 g/mol. The van der Waals surface area contributed by atoms with E-state index in [4.69, 9.17) is 26.8 Å². The van der Waals surface area contributed by atoms with Crippen molar-refractivity contribution >= 4 is 80.7 Å². The lowest BCUT2D eigenvalue weighted by molar-refractivity contribution is -0.139. The highest BCUT2D eigenvalue weighted by molar-refractivity contribution is 8.08. The number of hydrogen-bond donors (Lipinski definition) is 11. The van der Waals surface area contributed by atoms with E-state index >= 15 is 8.78 Å². The highest BCUT2D eigenvalue weighted by Crippen LogP contribution is 2.39. The van der Waals surface area contributed by atoms with Gasteiger partial charge in [0.1, 0.15) is 49.1 Å². The Morgan fingerprint density at radius 1 is 0.689 bits per heavy atom.